The van der Waals surface area contributed by atoms with Gasteiger partial charge in [-0.05, 0) is 25.7 Å². The predicted molar refractivity (Wildman–Crippen MR) is 69.5 cm³/mol. The largest absolute Gasteiger partial charge is 0.460 e. The zero-order chi connectivity index (χ0) is 13.0. The molecule has 2 N–H and O–H groups in total. The average molecular weight is 250 g/mol. The first-order valence-corrected chi connectivity index (χ1v) is 6.81. The Kier molecular flexibility index (Phi) is 4.11. The van der Waals surface area contributed by atoms with E-state index < -0.39 is 0 Å². The van der Waals surface area contributed by atoms with Crippen LogP contribution in [0.1, 0.15) is 50.9 Å². The number of nitrogens with zero attached hydrogens (tertiary/aromatic N) is 3. The van der Waals surface area contributed by atoms with E-state index in [0.29, 0.717) is 12.6 Å². The highest BCUT2D eigenvalue weighted by atomic mass is 16.5. The van der Waals surface area contributed by atoms with E-state index in [1.807, 2.05) is 0 Å². The summed E-state index contributed by atoms with van der Waals surface area (Å²) in [5.41, 5.74) is 7.96. The normalized spacial score (nSPS) is 17.9. The first kappa shape index (κ1) is 13.2. The molecule has 0 bridgehead atoms. The lowest BCUT2D eigenvalue weighted by Crippen LogP contribution is -2.42. The van der Waals surface area contributed by atoms with Crippen LogP contribution >= 0.6 is 0 Å². The molecule has 0 aromatic carbocycles. The van der Waals surface area contributed by atoms with Crippen LogP contribution in [-0.4, -0.2) is 27.3 Å². The number of nitrogens with two attached hydrogens (primary N) is 1. The molecule has 1 fully saturated rings. The zero-order valence-corrected chi connectivity index (χ0v) is 11.3. The highest BCUT2D eigenvalue weighted by Crippen LogP contribution is 2.27. The van der Waals surface area contributed by atoms with E-state index >= 15 is 0 Å². The molecule has 1 heterocycles. The van der Waals surface area contributed by atoms with Crippen LogP contribution in [0.15, 0.2) is 0 Å². The number of rotatable bonds is 5. The standard InChI is InChI=1S/C13H22N4O/c1-3-10-11(4-2)16-17-12(15-10)18-9-13(14)7-5-6-8-13/h3-9,14H2,1-2H3. The Bertz CT molecular complexity index is 402. The lowest BCUT2D eigenvalue weighted by Gasteiger charge is -2.22. The first-order chi connectivity index (χ1) is 8.67. The molecule has 0 atom stereocenters. The summed E-state index contributed by atoms with van der Waals surface area (Å²) in [6.45, 7) is 4.61. The van der Waals surface area contributed by atoms with Crippen molar-refractivity contribution in [2.45, 2.75) is 57.9 Å². The minimum atomic E-state index is -0.195. The molecule has 0 saturated heterocycles. The molecule has 18 heavy (non-hydrogen) atoms. The summed E-state index contributed by atoms with van der Waals surface area (Å²) < 4.78 is 5.63. The topological polar surface area (TPSA) is 73.9 Å². The van der Waals surface area contributed by atoms with Crippen LogP contribution in [0.5, 0.6) is 6.01 Å². The summed E-state index contributed by atoms with van der Waals surface area (Å²) in [5.74, 6) is 0. The molecule has 1 aliphatic carbocycles. The van der Waals surface area contributed by atoms with Gasteiger partial charge in [-0.3, -0.25) is 0 Å². The second kappa shape index (κ2) is 5.61. The van der Waals surface area contributed by atoms with Gasteiger partial charge in [0, 0.05) is 0 Å². The van der Waals surface area contributed by atoms with Crippen molar-refractivity contribution in [1.82, 2.24) is 15.2 Å². The lowest BCUT2D eigenvalue weighted by atomic mass is 10.0. The molecular weight excluding hydrogens is 228 g/mol. The molecular formula is C13H22N4O. The van der Waals surface area contributed by atoms with Crippen molar-refractivity contribution < 1.29 is 4.74 Å². The molecule has 100 valence electrons. The summed E-state index contributed by atoms with van der Waals surface area (Å²) >= 11 is 0. The molecule has 1 aliphatic rings. The summed E-state index contributed by atoms with van der Waals surface area (Å²) in [7, 11) is 0. The van der Waals surface area contributed by atoms with Crippen LogP contribution in [0.3, 0.4) is 0 Å². The van der Waals surface area contributed by atoms with Crippen LogP contribution in [0.4, 0.5) is 0 Å². The van der Waals surface area contributed by atoms with Gasteiger partial charge in [0.15, 0.2) is 0 Å². The van der Waals surface area contributed by atoms with E-state index in [0.717, 1.165) is 37.1 Å². The maximum absolute atomic E-state index is 6.23. The molecule has 1 aromatic rings. The average Bonchev–Trinajstić information content (AvgIpc) is 2.83. The van der Waals surface area contributed by atoms with Gasteiger partial charge in [0.05, 0.1) is 16.9 Å². The van der Waals surface area contributed by atoms with Gasteiger partial charge < -0.3 is 10.5 Å². The highest BCUT2D eigenvalue weighted by Gasteiger charge is 2.30. The Morgan fingerprint density at radius 1 is 1.11 bits per heavy atom. The molecule has 1 aromatic heterocycles. The van der Waals surface area contributed by atoms with Crippen LogP contribution in [0, 0.1) is 0 Å². The van der Waals surface area contributed by atoms with E-state index in [1.165, 1.54) is 12.8 Å². The maximum atomic E-state index is 6.23. The van der Waals surface area contributed by atoms with Crippen molar-refractivity contribution in [3.8, 4) is 6.01 Å². The summed E-state index contributed by atoms with van der Waals surface area (Å²) in [4.78, 5) is 4.40. The predicted octanol–water partition coefficient (Wildman–Crippen LogP) is 1.65. The zero-order valence-electron chi connectivity index (χ0n) is 11.3. The van der Waals surface area contributed by atoms with Crippen molar-refractivity contribution >= 4 is 0 Å². The fraction of sp³-hybridized carbons (Fsp3) is 0.769. The van der Waals surface area contributed by atoms with Gasteiger partial charge >= 0.3 is 6.01 Å². The van der Waals surface area contributed by atoms with Gasteiger partial charge in [0.1, 0.15) is 6.61 Å². The Balaban J connectivity index is 2.01. The van der Waals surface area contributed by atoms with Crippen molar-refractivity contribution in [3.63, 3.8) is 0 Å². The third-order valence-electron chi connectivity index (χ3n) is 3.58. The summed E-state index contributed by atoms with van der Waals surface area (Å²) in [6, 6.07) is 0.362. The minimum Gasteiger partial charge on any atom is -0.460 e. The quantitative estimate of drug-likeness (QED) is 0.860. The number of ether oxygens (including phenoxy) is 1. The molecule has 0 spiro atoms. The number of aromatic nitrogens is 3. The number of aryl methyl sites for hydroxylation is 2. The van der Waals surface area contributed by atoms with Crippen LogP contribution in [0.25, 0.3) is 0 Å². The second-order valence-corrected chi connectivity index (χ2v) is 5.05. The molecule has 0 unspecified atom stereocenters. The van der Waals surface area contributed by atoms with E-state index in [9.17, 15) is 0 Å². The third kappa shape index (κ3) is 2.96. The van der Waals surface area contributed by atoms with Crippen molar-refractivity contribution in [3.05, 3.63) is 11.4 Å². The molecule has 5 heteroatoms. The summed E-state index contributed by atoms with van der Waals surface area (Å²) in [5, 5.41) is 8.17. The maximum Gasteiger partial charge on any atom is 0.335 e. The molecule has 0 aliphatic heterocycles. The van der Waals surface area contributed by atoms with Crippen LogP contribution in [-0.2, 0) is 12.8 Å². The van der Waals surface area contributed by atoms with Crippen molar-refractivity contribution in [2.75, 3.05) is 6.61 Å². The summed E-state index contributed by atoms with van der Waals surface area (Å²) in [6.07, 6.45) is 6.12. The Morgan fingerprint density at radius 2 is 1.78 bits per heavy atom. The molecule has 1 saturated carbocycles. The van der Waals surface area contributed by atoms with E-state index in [2.05, 4.69) is 29.0 Å². The van der Waals surface area contributed by atoms with Gasteiger partial charge in [0.25, 0.3) is 0 Å². The molecule has 0 radical (unpaired) electrons. The van der Waals surface area contributed by atoms with E-state index in [1.54, 1.807) is 0 Å². The number of hydrogen-bond donors (Lipinski definition) is 1. The highest BCUT2D eigenvalue weighted by molar-refractivity contribution is 5.12. The van der Waals surface area contributed by atoms with Gasteiger partial charge in [-0.25, -0.2) is 0 Å². The van der Waals surface area contributed by atoms with E-state index in [-0.39, 0.29) is 5.54 Å². The van der Waals surface area contributed by atoms with Gasteiger partial charge in [-0.1, -0.05) is 31.8 Å². The van der Waals surface area contributed by atoms with Crippen LogP contribution in [0.2, 0.25) is 0 Å². The lowest BCUT2D eigenvalue weighted by molar-refractivity contribution is 0.203. The van der Waals surface area contributed by atoms with Crippen LogP contribution < -0.4 is 10.5 Å². The third-order valence-corrected chi connectivity index (χ3v) is 3.58. The van der Waals surface area contributed by atoms with Gasteiger partial charge in [-0.15, -0.1) is 5.10 Å². The Labute approximate surface area is 108 Å². The second-order valence-electron chi connectivity index (χ2n) is 5.05. The Morgan fingerprint density at radius 3 is 2.39 bits per heavy atom. The molecule has 0 amide bonds. The Hall–Kier alpha value is -1.23. The molecule has 2 rings (SSSR count). The number of hydrogen-bond acceptors (Lipinski definition) is 5. The fourth-order valence-corrected chi connectivity index (χ4v) is 2.41. The van der Waals surface area contributed by atoms with Crippen molar-refractivity contribution in [2.24, 2.45) is 5.73 Å². The van der Waals surface area contributed by atoms with Gasteiger partial charge in [0.2, 0.25) is 0 Å². The van der Waals surface area contributed by atoms with E-state index in [4.69, 9.17) is 10.5 Å². The van der Waals surface area contributed by atoms with Gasteiger partial charge in [-0.2, -0.15) is 4.98 Å². The van der Waals surface area contributed by atoms with Crippen molar-refractivity contribution in [1.29, 1.82) is 0 Å². The monoisotopic (exact) mass is 250 g/mol. The minimum absolute atomic E-state index is 0.195. The molecule has 5 nitrogen and oxygen atoms in total. The SMILES string of the molecule is CCc1nnc(OCC2(N)CCCC2)nc1CC. The smallest absolute Gasteiger partial charge is 0.335 e. The first-order valence-electron chi connectivity index (χ1n) is 6.81. The fourth-order valence-electron chi connectivity index (χ4n) is 2.41.